The van der Waals surface area contributed by atoms with Crippen molar-refractivity contribution in [3.05, 3.63) is 83.9 Å². The Labute approximate surface area is 172 Å². The molecule has 0 aliphatic carbocycles. The van der Waals surface area contributed by atoms with Crippen LogP contribution in [0.25, 0.3) is 12.2 Å². The summed E-state index contributed by atoms with van der Waals surface area (Å²) >= 11 is 0. The van der Waals surface area contributed by atoms with E-state index in [-0.39, 0.29) is 5.60 Å². The molecule has 0 bridgehead atoms. The van der Waals surface area contributed by atoms with Gasteiger partial charge in [0.15, 0.2) is 0 Å². The molecular weight excluding hydrogens is 340 g/mol. The van der Waals surface area contributed by atoms with Crippen LogP contribution in [0.5, 0.6) is 0 Å². The number of hydrogen-bond donors (Lipinski definition) is 0. The monoisotopic (exact) mass is 376 g/mol. The molecule has 0 aliphatic heterocycles. The third kappa shape index (κ3) is 7.13. The summed E-state index contributed by atoms with van der Waals surface area (Å²) in [6.45, 7) is 17.2. The fourth-order valence-corrected chi connectivity index (χ4v) is 3.53. The Kier molecular flexibility index (Phi) is 8.26. The van der Waals surface area contributed by atoms with E-state index in [0.717, 1.165) is 25.9 Å². The predicted molar refractivity (Wildman–Crippen MR) is 123 cm³/mol. The first kappa shape index (κ1) is 22.2. The van der Waals surface area contributed by atoms with E-state index in [0.29, 0.717) is 11.8 Å². The predicted octanol–water partition coefficient (Wildman–Crippen LogP) is 7.22. The van der Waals surface area contributed by atoms with Crippen molar-refractivity contribution in [1.82, 2.24) is 0 Å². The maximum absolute atomic E-state index is 6.19. The van der Waals surface area contributed by atoms with Crippen LogP contribution in [0.15, 0.2) is 61.7 Å². The molecule has 0 heterocycles. The van der Waals surface area contributed by atoms with Gasteiger partial charge in [-0.3, -0.25) is 0 Å². The van der Waals surface area contributed by atoms with E-state index in [1.54, 1.807) is 0 Å². The molecule has 0 amide bonds. The first-order chi connectivity index (χ1) is 13.3. The van der Waals surface area contributed by atoms with Gasteiger partial charge in [-0.25, -0.2) is 0 Å². The Balaban J connectivity index is 2.20. The second-order valence-corrected chi connectivity index (χ2v) is 8.65. The SMILES string of the molecule is C=Cc1ccc(CC(Cc2ccc(C=C)cc2)C(CC)COC(C)(C)C)cc1. The highest BCUT2D eigenvalue weighted by atomic mass is 16.5. The minimum atomic E-state index is -0.102. The van der Waals surface area contributed by atoms with Gasteiger partial charge in [-0.2, -0.15) is 0 Å². The highest BCUT2D eigenvalue weighted by Gasteiger charge is 2.23. The van der Waals surface area contributed by atoms with Crippen molar-refractivity contribution in [2.45, 2.75) is 52.6 Å². The van der Waals surface area contributed by atoms with Crippen molar-refractivity contribution in [1.29, 1.82) is 0 Å². The first-order valence-electron chi connectivity index (χ1n) is 10.4. The maximum Gasteiger partial charge on any atom is 0.0598 e. The minimum absolute atomic E-state index is 0.102. The van der Waals surface area contributed by atoms with Gasteiger partial charge in [-0.15, -0.1) is 0 Å². The molecule has 1 unspecified atom stereocenters. The molecule has 0 fully saturated rings. The average Bonchev–Trinajstić information content (AvgIpc) is 2.68. The van der Waals surface area contributed by atoms with E-state index in [1.807, 2.05) is 12.2 Å². The van der Waals surface area contributed by atoms with Crippen molar-refractivity contribution < 1.29 is 4.74 Å². The molecular formula is C27H36O. The molecule has 0 saturated heterocycles. The van der Waals surface area contributed by atoms with Crippen LogP contribution in [-0.2, 0) is 17.6 Å². The van der Waals surface area contributed by atoms with E-state index in [9.17, 15) is 0 Å². The largest absolute Gasteiger partial charge is 0.376 e. The quantitative estimate of drug-likeness (QED) is 0.425. The van der Waals surface area contributed by atoms with E-state index < -0.39 is 0 Å². The molecule has 0 N–H and O–H groups in total. The lowest BCUT2D eigenvalue weighted by Crippen LogP contribution is -2.29. The lowest BCUT2D eigenvalue weighted by molar-refractivity contribution is -0.0330. The Morgan fingerprint density at radius 2 is 1.21 bits per heavy atom. The molecule has 0 radical (unpaired) electrons. The van der Waals surface area contributed by atoms with Crippen LogP contribution in [0.4, 0.5) is 0 Å². The third-order valence-corrected chi connectivity index (χ3v) is 5.35. The molecule has 28 heavy (non-hydrogen) atoms. The standard InChI is InChI=1S/C27H36O/c1-7-21-10-14-23(15-11-21)18-26(25(9-3)20-28-27(4,5)6)19-24-16-12-22(8-2)13-17-24/h7-8,10-17,25-26H,1-2,9,18-20H2,3-6H3. The topological polar surface area (TPSA) is 9.23 Å². The molecule has 2 rings (SSSR count). The Morgan fingerprint density at radius 3 is 1.54 bits per heavy atom. The molecule has 0 spiro atoms. The normalized spacial score (nSPS) is 12.8. The second kappa shape index (κ2) is 10.4. The Bertz CT molecular complexity index is 678. The van der Waals surface area contributed by atoms with Crippen LogP contribution < -0.4 is 0 Å². The zero-order chi connectivity index (χ0) is 20.6. The van der Waals surface area contributed by atoms with E-state index in [4.69, 9.17) is 4.74 Å². The van der Waals surface area contributed by atoms with Crippen molar-refractivity contribution in [3.8, 4) is 0 Å². The number of rotatable bonds is 10. The van der Waals surface area contributed by atoms with Crippen LogP contribution in [0.3, 0.4) is 0 Å². The molecule has 1 heteroatoms. The molecule has 1 nitrogen and oxygen atoms in total. The summed E-state index contributed by atoms with van der Waals surface area (Å²) in [4.78, 5) is 0. The molecule has 0 saturated carbocycles. The van der Waals surface area contributed by atoms with Gasteiger partial charge in [-0.1, -0.05) is 87.2 Å². The summed E-state index contributed by atoms with van der Waals surface area (Å²) in [6, 6.07) is 17.6. The van der Waals surface area contributed by atoms with Gasteiger partial charge in [-0.05, 0) is 67.7 Å². The lowest BCUT2D eigenvalue weighted by Gasteiger charge is -2.30. The van der Waals surface area contributed by atoms with E-state index in [2.05, 4.69) is 89.4 Å². The van der Waals surface area contributed by atoms with Crippen molar-refractivity contribution in [3.63, 3.8) is 0 Å². The summed E-state index contributed by atoms with van der Waals surface area (Å²) in [5.74, 6) is 1.06. The number of hydrogen-bond acceptors (Lipinski definition) is 1. The van der Waals surface area contributed by atoms with Crippen LogP contribution in [-0.4, -0.2) is 12.2 Å². The Morgan fingerprint density at radius 1 is 0.786 bits per heavy atom. The van der Waals surface area contributed by atoms with Gasteiger partial charge in [0.1, 0.15) is 0 Å². The number of ether oxygens (including phenoxy) is 1. The summed E-state index contributed by atoms with van der Waals surface area (Å²) in [7, 11) is 0. The molecule has 0 aliphatic rings. The molecule has 2 aromatic rings. The maximum atomic E-state index is 6.19. The summed E-state index contributed by atoms with van der Waals surface area (Å²) in [5.41, 5.74) is 5.00. The fourth-order valence-electron chi connectivity index (χ4n) is 3.53. The molecule has 1 atom stereocenters. The minimum Gasteiger partial charge on any atom is -0.376 e. The van der Waals surface area contributed by atoms with Gasteiger partial charge >= 0.3 is 0 Å². The summed E-state index contributed by atoms with van der Waals surface area (Å²) in [5, 5.41) is 0. The molecule has 150 valence electrons. The molecule has 0 aromatic heterocycles. The van der Waals surface area contributed by atoms with Gasteiger partial charge in [0.05, 0.1) is 12.2 Å². The van der Waals surface area contributed by atoms with Crippen molar-refractivity contribution >= 4 is 12.2 Å². The van der Waals surface area contributed by atoms with Crippen molar-refractivity contribution in [2.75, 3.05) is 6.61 Å². The van der Waals surface area contributed by atoms with Crippen LogP contribution in [0.1, 0.15) is 56.4 Å². The van der Waals surface area contributed by atoms with E-state index in [1.165, 1.54) is 22.3 Å². The highest BCUT2D eigenvalue weighted by molar-refractivity contribution is 5.48. The average molecular weight is 377 g/mol. The van der Waals surface area contributed by atoms with Crippen LogP contribution in [0.2, 0.25) is 0 Å². The van der Waals surface area contributed by atoms with Crippen LogP contribution >= 0.6 is 0 Å². The summed E-state index contributed by atoms with van der Waals surface area (Å²) in [6.07, 6.45) is 7.04. The fraction of sp³-hybridized carbons (Fsp3) is 0.407. The van der Waals surface area contributed by atoms with Crippen molar-refractivity contribution in [2.24, 2.45) is 11.8 Å². The van der Waals surface area contributed by atoms with Gasteiger partial charge < -0.3 is 4.74 Å². The zero-order valence-electron chi connectivity index (χ0n) is 18.1. The smallest absolute Gasteiger partial charge is 0.0598 e. The zero-order valence-corrected chi connectivity index (χ0v) is 18.1. The van der Waals surface area contributed by atoms with E-state index >= 15 is 0 Å². The van der Waals surface area contributed by atoms with Gasteiger partial charge in [0.2, 0.25) is 0 Å². The van der Waals surface area contributed by atoms with Gasteiger partial charge in [0, 0.05) is 0 Å². The second-order valence-electron chi connectivity index (χ2n) is 8.65. The highest BCUT2D eigenvalue weighted by Crippen LogP contribution is 2.27. The lowest BCUT2D eigenvalue weighted by atomic mass is 9.81. The van der Waals surface area contributed by atoms with Crippen LogP contribution in [0, 0.1) is 11.8 Å². The molecule has 2 aromatic carbocycles. The Hall–Kier alpha value is -2.12. The third-order valence-electron chi connectivity index (χ3n) is 5.35. The summed E-state index contributed by atoms with van der Waals surface area (Å²) < 4.78 is 6.19. The number of benzene rings is 2. The first-order valence-corrected chi connectivity index (χ1v) is 10.4. The van der Waals surface area contributed by atoms with Gasteiger partial charge in [0.25, 0.3) is 0 Å².